The van der Waals surface area contributed by atoms with Gasteiger partial charge in [0, 0.05) is 10.2 Å². The average Bonchev–Trinajstić information content (AvgIpc) is 3.37. The van der Waals surface area contributed by atoms with Crippen molar-refractivity contribution in [1.29, 1.82) is 0 Å². The zero-order chi connectivity index (χ0) is 26.8. The van der Waals surface area contributed by atoms with Crippen molar-refractivity contribution in [2.45, 2.75) is 123 Å². The van der Waals surface area contributed by atoms with Crippen molar-refractivity contribution < 1.29 is 58.9 Å². The summed E-state index contributed by atoms with van der Waals surface area (Å²) in [5, 5.41) is 1.35. The summed E-state index contributed by atoms with van der Waals surface area (Å²) in [6.45, 7) is 8.29. The Bertz CT molecular complexity index is 809. The van der Waals surface area contributed by atoms with Crippen LogP contribution in [0.1, 0.15) is 129 Å². The topological polar surface area (TPSA) is 0 Å². The molecule has 0 nitrogen and oxygen atoms in total. The van der Waals surface area contributed by atoms with Crippen LogP contribution in [0.5, 0.6) is 0 Å². The van der Waals surface area contributed by atoms with E-state index < -0.39 is 0 Å². The fraction of sp³-hybridized carbons (Fsp3) is 0.528. The van der Waals surface area contributed by atoms with Crippen molar-refractivity contribution in [2.24, 2.45) is 0 Å². The first-order chi connectivity index (χ1) is 18.2. The van der Waals surface area contributed by atoms with Crippen LogP contribution < -0.4 is 42.4 Å². The van der Waals surface area contributed by atoms with Gasteiger partial charge in [-0.05, 0) is 0 Å². The molecule has 0 bridgehead atoms. The standard InChI is InChI=1S/C18H37.C12H11.C6H7Si.3ClH.Ti/c1-3-5-7-9-11-13-15-17-18-16-14-12-10-8-6-4-2;1-10-7-8-12(9-10)11-5-3-2-4-6-11;7-6-4-2-1-3-5-6;;;;/h1,3-18H2,2H3;2-6,8H,7H2,1H3;1-5H,7H2;3*1H;/q2*-1;;;;;+3/p-3. The number of allylic oxidation sites excluding steroid dienone is 4. The summed E-state index contributed by atoms with van der Waals surface area (Å²) in [4.78, 5) is 0. The summed E-state index contributed by atoms with van der Waals surface area (Å²) in [6.07, 6.45) is 29.5. The molecule has 0 N–H and O–H groups in total. The molecule has 0 spiro atoms. The number of hydrogen-bond donors (Lipinski definition) is 0. The molecule has 0 atom stereocenters. The van der Waals surface area contributed by atoms with E-state index in [1.165, 1.54) is 118 Å². The Morgan fingerprint density at radius 1 is 0.634 bits per heavy atom. The van der Waals surface area contributed by atoms with Crippen molar-refractivity contribution >= 4 is 21.0 Å². The van der Waals surface area contributed by atoms with Crippen LogP contribution in [-0.2, 0) is 21.7 Å². The third-order valence-corrected chi connectivity index (χ3v) is 7.21. The van der Waals surface area contributed by atoms with E-state index in [2.05, 4.69) is 69.3 Å². The van der Waals surface area contributed by atoms with Crippen LogP contribution >= 0.6 is 0 Å². The first-order valence-electron chi connectivity index (χ1n) is 15.2. The predicted molar refractivity (Wildman–Crippen MR) is 171 cm³/mol. The zero-order valence-corrected chi connectivity index (χ0v) is 31.2. The molecule has 2 aromatic carbocycles. The van der Waals surface area contributed by atoms with Crippen LogP contribution in [0.2, 0.25) is 0 Å². The third-order valence-electron chi connectivity index (χ3n) is 6.74. The van der Waals surface area contributed by atoms with Crippen molar-refractivity contribution in [1.82, 2.24) is 0 Å². The van der Waals surface area contributed by atoms with Gasteiger partial charge in [-0.2, -0.15) is 24.1 Å². The fourth-order valence-corrected chi connectivity index (χ4v) is 4.69. The minimum atomic E-state index is 0. The molecule has 0 fully saturated rings. The number of rotatable bonds is 16. The van der Waals surface area contributed by atoms with Crippen LogP contribution in [0.3, 0.4) is 0 Å². The Labute approximate surface area is 292 Å². The number of unbranched alkanes of at least 4 members (excludes halogenated alkanes) is 15. The maximum Gasteiger partial charge on any atom is 3.00 e. The van der Waals surface area contributed by atoms with Crippen LogP contribution in [0.4, 0.5) is 0 Å². The van der Waals surface area contributed by atoms with E-state index in [0.717, 1.165) is 12.8 Å². The molecular formula is C36H55Cl3SiTi-2. The van der Waals surface area contributed by atoms with Crippen molar-refractivity contribution in [3.63, 3.8) is 0 Å². The normalized spacial score (nSPS) is 10.9. The van der Waals surface area contributed by atoms with Gasteiger partial charge in [-0.25, -0.2) is 0 Å². The fourth-order valence-electron chi connectivity index (χ4n) is 4.42. The molecular weight excluding hydrogens is 615 g/mol. The van der Waals surface area contributed by atoms with E-state index in [4.69, 9.17) is 0 Å². The molecule has 0 heterocycles. The van der Waals surface area contributed by atoms with Gasteiger partial charge in [-0.3, -0.25) is 0 Å². The molecule has 2 radical (unpaired) electrons. The summed E-state index contributed by atoms with van der Waals surface area (Å²) in [6, 6.07) is 20.7. The molecule has 0 amide bonds. The summed E-state index contributed by atoms with van der Waals surface area (Å²) in [5.74, 6) is 0. The largest absolute Gasteiger partial charge is 3.00 e. The third kappa shape index (κ3) is 29.6. The van der Waals surface area contributed by atoms with Crippen molar-refractivity contribution in [2.75, 3.05) is 0 Å². The average molecular weight is 670 g/mol. The Morgan fingerprint density at radius 2 is 1.02 bits per heavy atom. The van der Waals surface area contributed by atoms with Crippen LogP contribution in [-0.4, -0.2) is 10.2 Å². The van der Waals surface area contributed by atoms with Crippen molar-refractivity contribution in [3.8, 4) is 0 Å². The van der Waals surface area contributed by atoms with Gasteiger partial charge in [0.2, 0.25) is 0 Å². The second-order valence-corrected chi connectivity index (χ2v) is 11.2. The van der Waals surface area contributed by atoms with E-state index >= 15 is 0 Å². The van der Waals surface area contributed by atoms with Gasteiger partial charge in [-0.15, -0.1) is 23.3 Å². The molecule has 1 aliphatic rings. The van der Waals surface area contributed by atoms with Gasteiger partial charge in [-0.1, -0.05) is 170 Å². The van der Waals surface area contributed by atoms with Gasteiger partial charge in [0.1, 0.15) is 0 Å². The smallest absolute Gasteiger partial charge is 1.00 e. The summed E-state index contributed by atoms with van der Waals surface area (Å²) in [5.41, 5.74) is 3.84. The second kappa shape index (κ2) is 35.9. The molecule has 0 aromatic heterocycles. The maximum absolute atomic E-state index is 3.88. The van der Waals surface area contributed by atoms with Gasteiger partial charge in [0.25, 0.3) is 0 Å². The van der Waals surface area contributed by atoms with E-state index in [1.54, 1.807) is 0 Å². The molecule has 0 unspecified atom stereocenters. The van der Waals surface area contributed by atoms with Crippen LogP contribution in [0.15, 0.2) is 72.3 Å². The van der Waals surface area contributed by atoms with E-state index in [9.17, 15) is 0 Å². The number of halogens is 3. The maximum atomic E-state index is 3.88. The molecule has 5 heteroatoms. The summed E-state index contributed by atoms with van der Waals surface area (Å²) >= 11 is 0. The number of hydrogen-bond acceptors (Lipinski definition) is 0. The van der Waals surface area contributed by atoms with Crippen LogP contribution in [0.25, 0.3) is 5.57 Å². The SMILES string of the molecule is CC1=[C-]C(c2ccccc2)=CC1.[CH2-]CCCCCCCCCCCCCCCCC.[Cl-].[Cl-].[Cl-].[SiH2]c1ccccc1.[Ti+3]. The van der Waals surface area contributed by atoms with Gasteiger partial charge in [0.15, 0.2) is 0 Å². The van der Waals surface area contributed by atoms with Gasteiger partial charge < -0.3 is 44.1 Å². The summed E-state index contributed by atoms with van der Waals surface area (Å²) in [7, 11) is 1.90. The molecule has 3 rings (SSSR count). The monoisotopic (exact) mass is 668 g/mol. The van der Waals surface area contributed by atoms with Crippen LogP contribution in [0, 0.1) is 13.0 Å². The quantitative estimate of drug-likeness (QED) is 0.144. The number of benzene rings is 2. The molecule has 2 aromatic rings. The first-order valence-corrected chi connectivity index (χ1v) is 15.9. The molecule has 230 valence electrons. The van der Waals surface area contributed by atoms with Crippen molar-refractivity contribution in [3.05, 3.63) is 90.9 Å². The van der Waals surface area contributed by atoms with E-state index in [1.807, 2.05) is 34.5 Å². The first kappa shape index (κ1) is 47.6. The minimum Gasteiger partial charge on any atom is -1.00 e. The Kier molecular flexibility index (Phi) is 41.7. The Balaban J connectivity index is -0.000000258. The Hall–Kier alpha value is -0.279. The molecule has 0 aliphatic heterocycles. The van der Waals surface area contributed by atoms with Gasteiger partial charge >= 0.3 is 21.7 Å². The van der Waals surface area contributed by atoms with E-state index in [-0.39, 0.29) is 58.9 Å². The molecule has 1 aliphatic carbocycles. The second-order valence-electron chi connectivity index (χ2n) is 10.4. The molecule has 0 saturated carbocycles. The Morgan fingerprint density at radius 3 is 1.34 bits per heavy atom. The van der Waals surface area contributed by atoms with E-state index in [0.29, 0.717) is 0 Å². The summed E-state index contributed by atoms with van der Waals surface area (Å²) < 4.78 is 0. The minimum absolute atomic E-state index is 0. The van der Waals surface area contributed by atoms with Gasteiger partial charge in [0.05, 0.1) is 0 Å². The molecule has 0 saturated heterocycles. The molecule has 41 heavy (non-hydrogen) atoms. The zero-order valence-electron chi connectivity index (χ0n) is 25.9. The predicted octanol–water partition coefficient (Wildman–Crippen LogP) is 1.26.